The summed E-state index contributed by atoms with van der Waals surface area (Å²) in [5, 5.41) is 11.7. The Morgan fingerprint density at radius 3 is 2.71 bits per heavy atom. The Balaban J connectivity index is 1.24. The fourth-order valence-electron chi connectivity index (χ4n) is 3.86. The van der Waals surface area contributed by atoms with E-state index in [2.05, 4.69) is 45.5 Å². The number of imidazole rings is 1. The number of nitrogens with one attached hydrogen (secondary N) is 1. The number of aromatic nitrogens is 5. The average Bonchev–Trinajstić information content (AvgIpc) is 3.30. The Kier molecular flexibility index (Phi) is 5.21. The first kappa shape index (κ1) is 19.4. The second-order valence-electron chi connectivity index (χ2n) is 7.38. The van der Waals surface area contributed by atoms with Gasteiger partial charge in [-0.3, -0.25) is 4.57 Å². The zero-order chi connectivity index (χ0) is 21.2. The third-order valence-corrected chi connectivity index (χ3v) is 6.43. The maximum absolute atomic E-state index is 12.2. The molecule has 0 amide bonds. The lowest BCUT2D eigenvalue weighted by molar-refractivity contribution is 0.678. The van der Waals surface area contributed by atoms with Gasteiger partial charge in [0.1, 0.15) is 0 Å². The minimum atomic E-state index is -0.0782. The van der Waals surface area contributed by atoms with E-state index < -0.39 is 0 Å². The number of rotatable bonds is 7. The highest BCUT2D eigenvalue weighted by Gasteiger charge is 2.13. The average molecular weight is 431 g/mol. The molecule has 0 aliphatic rings. The van der Waals surface area contributed by atoms with Gasteiger partial charge >= 0.3 is 5.69 Å². The molecular formula is C23H22N6OS. The Bertz CT molecular complexity index is 1410. The minimum Gasteiger partial charge on any atom is -0.336 e. The quantitative estimate of drug-likeness (QED) is 0.234. The molecule has 156 valence electrons. The van der Waals surface area contributed by atoms with Crippen molar-refractivity contribution in [2.75, 3.05) is 11.6 Å². The van der Waals surface area contributed by atoms with E-state index >= 15 is 0 Å². The molecule has 0 atom stereocenters. The number of H-pyrrole nitrogens is 1. The standard InChI is InChI=1S/C23H22N6OS/c24-29-21(15-17-9-5-8-16-7-1-2-10-18(16)17)26-27-23(29)31-14-6-13-28-20-12-4-3-11-19(20)25-22(28)30/h1-5,7-12H,6,13-15,24H2,(H,25,30). The molecule has 2 aromatic heterocycles. The fourth-order valence-corrected chi connectivity index (χ4v) is 4.66. The molecule has 8 heteroatoms. The molecule has 0 radical (unpaired) electrons. The van der Waals surface area contributed by atoms with E-state index in [-0.39, 0.29) is 5.69 Å². The van der Waals surface area contributed by atoms with Crippen molar-refractivity contribution in [1.82, 2.24) is 24.4 Å². The van der Waals surface area contributed by atoms with Gasteiger partial charge in [0.25, 0.3) is 0 Å². The van der Waals surface area contributed by atoms with Crippen molar-refractivity contribution in [3.8, 4) is 0 Å². The van der Waals surface area contributed by atoms with Crippen LogP contribution in [-0.2, 0) is 13.0 Å². The zero-order valence-electron chi connectivity index (χ0n) is 16.9. The Hall–Kier alpha value is -3.52. The summed E-state index contributed by atoms with van der Waals surface area (Å²) in [5.74, 6) is 7.80. The molecule has 0 saturated carbocycles. The summed E-state index contributed by atoms with van der Waals surface area (Å²) in [7, 11) is 0. The minimum absolute atomic E-state index is 0.0782. The first-order chi connectivity index (χ1) is 15.2. The van der Waals surface area contributed by atoms with Crippen molar-refractivity contribution < 1.29 is 0 Å². The second kappa shape index (κ2) is 8.31. The summed E-state index contributed by atoms with van der Waals surface area (Å²) in [6, 6.07) is 22.3. The predicted molar refractivity (Wildman–Crippen MR) is 125 cm³/mol. The molecule has 0 saturated heterocycles. The number of aromatic amines is 1. The molecule has 7 nitrogen and oxygen atoms in total. The van der Waals surface area contributed by atoms with Crippen molar-refractivity contribution in [1.29, 1.82) is 0 Å². The van der Waals surface area contributed by atoms with Crippen LogP contribution in [0.4, 0.5) is 0 Å². The summed E-state index contributed by atoms with van der Waals surface area (Å²) in [5.41, 5.74) is 2.88. The summed E-state index contributed by atoms with van der Waals surface area (Å²) < 4.78 is 3.35. The van der Waals surface area contributed by atoms with E-state index in [9.17, 15) is 4.79 Å². The molecule has 3 aromatic carbocycles. The van der Waals surface area contributed by atoms with Crippen LogP contribution in [0.25, 0.3) is 21.8 Å². The van der Waals surface area contributed by atoms with Gasteiger partial charge in [0, 0.05) is 18.7 Å². The van der Waals surface area contributed by atoms with E-state index in [0.717, 1.165) is 29.0 Å². The predicted octanol–water partition coefficient (Wildman–Crippen LogP) is 3.56. The van der Waals surface area contributed by atoms with Crippen molar-refractivity contribution >= 4 is 33.6 Å². The largest absolute Gasteiger partial charge is 0.336 e. The van der Waals surface area contributed by atoms with Crippen LogP contribution in [0.15, 0.2) is 76.7 Å². The summed E-state index contributed by atoms with van der Waals surface area (Å²) in [6.07, 6.45) is 1.44. The number of hydrogen-bond donors (Lipinski definition) is 2. The molecule has 0 aliphatic carbocycles. The normalized spacial score (nSPS) is 11.5. The van der Waals surface area contributed by atoms with E-state index in [1.165, 1.54) is 16.3 Å². The van der Waals surface area contributed by atoms with Gasteiger partial charge in [0.15, 0.2) is 5.82 Å². The number of nitrogen functional groups attached to an aromatic ring is 1. The van der Waals surface area contributed by atoms with Gasteiger partial charge in [-0.1, -0.05) is 66.4 Å². The lowest BCUT2D eigenvalue weighted by Gasteiger charge is -2.07. The van der Waals surface area contributed by atoms with Gasteiger partial charge in [-0.15, -0.1) is 10.2 Å². The molecule has 5 aromatic rings. The van der Waals surface area contributed by atoms with E-state index in [4.69, 9.17) is 5.84 Å². The monoisotopic (exact) mass is 430 g/mol. The van der Waals surface area contributed by atoms with Crippen LogP contribution < -0.4 is 11.5 Å². The highest BCUT2D eigenvalue weighted by Crippen LogP contribution is 2.22. The van der Waals surface area contributed by atoms with Crippen molar-refractivity contribution in [3.05, 3.63) is 88.6 Å². The van der Waals surface area contributed by atoms with Crippen molar-refractivity contribution in [2.24, 2.45) is 0 Å². The SMILES string of the molecule is Nn1c(Cc2cccc3ccccc23)nnc1SCCCn1c(=O)[nH]c2ccccc21. The lowest BCUT2D eigenvalue weighted by atomic mass is 10.0. The van der Waals surface area contributed by atoms with Gasteiger partial charge in [0.05, 0.1) is 11.0 Å². The molecule has 0 spiro atoms. The topological polar surface area (TPSA) is 94.5 Å². The third kappa shape index (κ3) is 3.82. The molecule has 2 heterocycles. The zero-order valence-corrected chi connectivity index (χ0v) is 17.7. The van der Waals surface area contributed by atoms with Gasteiger partial charge in [0.2, 0.25) is 5.16 Å². The third-order valence-electron chi connectivity index (χ3n) is 5.40. The highest BCUT2D eigenvalue weighted by atomic mass is 32.2. The number of thioether (sulfide) groups is 1. The lowest BCUT2D eigenvalue weighted by Crippen LogP contribution is -2.17. The number of para-hydroxylation sites is 2. The Morgan fingerprint density at radius 2 is 1.77 bits per heavy atom. The van der Waals surface area contributed by atoms with Gasteiger partial charge < -0.3 is 10.8 Å². The molecule has 0 fully saturated rings. The molecule has 3 N–H and O–H groups in total. The van der Waals surface area contributed by atoms with Gasteiger partial charge in [-0.25, -0.2) is 9.47 Å². The second-order valence-corrected chi connectivity index (χ2v) is 8.45. The van der Waals surface area contributed by atoms with Crippen LogP contribution >= 0.6 is 11.8 Å². The van der Waals surface area contributed by atoms with Crippen LogP contribution in [-0.4, -0.2) is 30.2 Å². The number of fused-ring (bicyclic) bond motifs is 2. The molecule has 0 unspecified atom stereocenters. The van der Waals surface area contributed by atoms with Crippen molar-refractivity contribution in [2.45, 2.75) is 24.5 Å². The van der Waals surface area contributed by atoms with E-state index in [1.54, 1.807) is 21.0 Å². The fraction of sp³-hybridized carbons (Fsp3) is 0.174. The van der Waals surface area contributed by atoms with Crippen molar-refractivity contribution in [3.63, 3.8) is 0 Å². The maximum atomic E-state index is 12.2. The summed E-state index contributed by atoms with van der Waals surface area (Å²) in [4.78, 5) is 15.1. The van der Waals surface area contributed by atoms with Crippen LogP contribution in [0.1, 0.15) is 17.8 Å². The number of nitrogens with two attached hydrogens (primary N) is 1. The molecule has 0 aliphatic heterocycles. The van der Waals surface area contributed by atoms with Gasteiger partial charge in [-0.05, 0) is 34.9 Å². The number of benzene rings is 3. The summed E-state index contributed by atoms with van der Waals surface area (Å²) >= 11 is 1.55. The van der Waals surface area contributed by atoms with Crippen LogP contribution in [0.2, 0.25) is 0 Å². The van der Waals surface area contributed by atoms with Crippen LogP contribution in [0.3, 0.4) is 0 Å². The van der Waals surface area contributed by atoms with Gasteiger partial charge in [-0.2, -0.15) is 0 Å². The smallest absolute Gasteiger partial charge is 0.326 e. The highest BCUT2D eigenvalue weighted by molar-refractivity contribution is 7.99. The number of nitrogens with zero attached hydrogens (tertiary/aromatic N) is 4. The summed E-state index contributed by atoms with van der Waals surface area (Å²) in [6.45, 7) is 0.636. The number of hydrogen-bond acceptors (Lipinski definition) is 5. The molecule has 5 rings (SSSR count). The van der Waals surface area contributed by atoms with Crippen LogP contribution in [0, 0.1) is 0 Å². The molecule has 31 heavy (non-hydrogen) atoms. The van der Waals surface area contributed by atoms with E-state index in [1.807, 2.05) is 36.4 Å². The Morgan fingerprint density at radius 1 is 0.968 bits per heavy atom. The van der Waals surface area contributed by atoms with E-state index in [0.29, 0.717) is 18.1 Å². The molecular weight excluding hydrogens is 408 g/mol. The number of aryl methyl sites for hydroxylation is 1. The first-order valence-corrected chi connectivity index (χ1v) is 11.2. The molecule has 0 bridgehead atoms. The Labute approximate surface area is 182 Å². The maximum Gasteiger partial charge on any atom is 0.326 e. The first-order valence-electron chi connectivity index (χ1n) is 10.2. The van der Waals surface area contributed by atoms with Crippen LogP contribution in [0.5, 0.6) is 0 Å².